The van der Waals surface area contributed by atoms with Crippen LogP contribution >= 0.6 is 0 Å². The van der Waals surface area contributed by atoms with Crippen LogP contribution in [-0.4, -0.2) is 0 Å². The van der Waals surface area contributed by atoms with Gasteiger partial charge in [-0.3, -0.25) is 0 Å². The summed E-state index contributed by atoms with van der Waals surface area (Å²) in [4.78, 5) is 0. The van der Waals surface area contributed by atoms with Crippen molar-refractivity contribution in [2.45, 2.75) is 51.4 Å². The molecule has 2 aliphatic carbocycles. The van der Waals surface area contributed by atoms with Gasteiger partial charge in [0.2, 0.25) is 0 Å². The zero-order chi connectivity index (χ0) is 8.93. The first-order valence-corrected chi connectivity index (χ1v) is 5.80. The van der Waals surface area contributed by atoms with Crippen molar-refractivity contribution >= 4 is 0 Å². The van der Waals surface area contributed by atoms with Crippen LogP contribution in [0.25, 0.3) is 0 Å². The molecule has 1 atom stereocenters. The van der Waals surface area contributed by atoms with Crippen LogP contribution in [0.2, 0.25) is 0 Å². The van der Waals surface area contributed by atoms with E-state index >= 15 is 0 Å². The van der Waals surface area contributed by atoms with Crippen LogP contribution in [-0.2, 0) is 0 Å². The van der Waals surface area contributed by atoms with Gasteiger partial charge in [-0.2, -0.15) is 0 Å². The largest absolute Gasteiger partial charge is 0.0851 e. The van der Waals surface area contributed by atoms with Gasteiger partial charge in [0.15, 0.2) is 0 Å². The van der Waals surface area contributed by atoms with Crippen LogP contribution in [0.3, 0.4) is 0 Å². The molecule has 0 heteroatoms. The molecule has 0 aliphatic heterocycles. The Morgan fingerprint density at radius 1 is 1.00 bits per heavy atom. The van der Waals surface area contributed by atoms with E-state index in [0.29, 0.717) is 0 Å². The highest BCUT2D eigenvalue weighted by Gasteiger charge is 2.10. The third kappa shape index (κ3) is 2.72. The third-order valence-corrected chi connectivity index (χ3v) is 3.35. The molecule has 0 spiro atoms. The summed E-state index contributed by atoms with van der Waals surface area (Å²) in [6, 6.07) is 0. The highest BCUT2D eigenvalue weighted by molar-refractivity contribution is 5.08. The molecule has 1 saturated carbocycles. The predicted molar refractivity (Wildman–Crippen MR) is 57.6 cm³/mol. The molecule has 1 unspecified atom stereocenters. The van der Waals surface area contributed by atoms with Crippen molar-refractivity contribution in [1.29, 1.82) is 0 Å². The van der Waals surface area contributed by atoms with Crippen molar-refractivity contribution in [3.05, 3.63) is 23.8 Å². The molecule has 0 saturated heterocycles. The van der Waals surface area contributed by atoms with Crippen molar-refractivity contribution in [2.75, 3.05) is 0 Å². The molecule has 0 heterocycles. The molecule has 72 valence electrons. The Morgan fingerprint density at radius 3 is 2.85 bits per heavy atom. The van der Waals surface area contributed by atoms with Crippen LogP contribution < -0.4 is 0 Å². The van der Waals surface area contributed by atoms with E-state index in [4.69, 9.17) is 0 Å². The Balaban J connectivity index is 2.12. The lowest BCUT2D eigenvalue weighted by Crippen LogP contribution is -1.95. The van der Waals surface area contributed by atoms with Gasteiger partial charge in [0.05, 0.1) is 0 Å². The maximum atomic E-state index is 2.46. The van der Waals surface area contributed by atoms with Gasteiger partial charge in [-0.25, -0.2) is 0 Å². The number of allylic oxidation sites excluding steroid dienone is 4. The topological polar surface area (TPSA) is 0 Å². The molecule has 0 N–H and O–H groups in total. The van der Waals surface area contributed by atoms with Crippen molar-refractivity contribution in [2.24, 2.45) is 5.92 Å². The summed E-state index contributed by atoms with van der Waals surface area (Å²) in [5.74, 6) is 0.894. The van der Waals surface area contributed by atoms with Crippen molar-refractivity contribution < 1.29 is 0 Å². The standard InChI is InChI=1S/C13H20/c1-2-7-13-9-4-3-8-12(6-1)10-5-11-13/h1,6-7,12H,2-5,8-11H2/b6-1+,13-7?. The molecule has 0 amide bonds. The number of fused-ring (bicyclic) bond motifs is 4. The van der Waals surface area contributed by atoms with Crippen LogP contribution in [0.5, 0.6) is 0 Å². The van der Waals surface area contributed by atoms with Gasteiger partial charge in [-0.15, -0.1) is 0 Å². The first-order chi connectivity index (χ1) is 6.45. The molecular formula is C13H20. The summed E-state index contributed by atoms with van der Waals surface area (Å²) in [6.07, 6.45) is 18.4. The molecule has 1 fully saturated rings. The van der Waals surface area contributed by atoms with E-state index in [9.17, 15) is 0 Å². The fourth-order valence-corrected chi connectivity index (χ4v) is 2.52. The molecule has 0 aromatic carbocycles. The average Bonchev–Trinajstić information content (AvgIpc) is 2.33. The SMILES string of the molecule is C1=C2CCCCC(/C=C/C1)CCC2. The minimum atomic E-state index is 0.894. The van der Waals surface area contributed by atoms with Gasteiger partial charge in [0.25, 0.3) is 0 Å². The molecule has 2 rings (SSSR count). The van der Waals surface area contributed by atoms with Crippen LogP contribution in [0, 0.1) is 5.92 Å². The molecule has 0 aromatic rings. The summed E-state index contributed by atoms with van der Waals surface area (Å²) in [6.45, 7) is 0. The van der Waals surface area contributed by atoms with E-state index < -0.39 is 0 Å². The summed E-state index contributed by atoms with van der Waals surface area (Å²) in [5.41, 5.74) is 1.73. The van der Waals surface area contributed by atoms with Gasteiger partial charge in [-0.05, 0) is 50.9 Å². The average molecular weight is 176 g/mol. The second-order valence-corrected chi connectivity index (χ2v) is 4.42. The second kappa shape index (κ2) is 4.64. The van der Waals surface area contributed by atoms with Gasteiger partial charge >= 0.3 is 0 Å². The van der Waals surface area contributed by atoms with E-state index in [0.717, 1.165) is 5.92 Å². The number of rotatable bonds is 0. The van der Waals surface area contributed by atoms with Gasteiger partial charge in [0.1, 0.15) is 0 Å². The number of hydrogen-bond acceptors (Lipinski definition) is 0. The monoisotopic (exact) mass is 176 g/mol. The van der Waals surface area contributed by atoms with Crippen LogP contribution in [0.15, 0.2) is 23.8 Å². The normalized spacial score (nSPS) is 32.0. The summed E-state index contributed by atoms with van der Waals surface area (Å²) >= 11 is 0. The first-order valence-electron chi connectivity index (χ1n) is 5.80. The minimum absolute atomic E-state index is 0.894. The van der Waals surface area contributed by atoms with E-state index in [1.54, 1.807) is 5.57 Å². The lowest BCUT2D eigenvalue weighted by molar-refractivity contribution is 0.511. The smallest absolute Gasteiger partial charge is 0.0166 e. The van der Waals surface area contributed by atoms with E-state index in [1.807, 2.05) is 0 Å². The van der Waals surface area contributed by atoms with Gasteiger partial charge in [0, 0.05) is 0 Å². The quantitative estimate of drug-likeness (QED) is 0.484. The fourth-order valence-electron chi connectivity index (χ4n) is 2.52. The lowest BCUT2D eigenvalue weighted by Gasteiger charge is -2.09. The fraction of sp³-hybridized carbons (Fsp3) is 0.692. The van der Waals surface area contributed by atoms with Gasteiger partial charge in [-0.1, -0.05) is 30.2 Å². The Bertz CT molecular complexity index is 206. The second-order valence-electron chi connectivity index (χ2n) is 4.42. The zero-order valence-corrected chi connectivity index (χ0v) is 8.47. The summed E-state index contributed by atoms with van der Waals surface area (Å²) in [7, 11) is 0. The van der Waals surface area contributed by atoms with E-state index in [2.05, 4.69) is 18.2 Å². The molecular weight excluding hydrogens is 156 g/mol. The Labute approximate surface area is 81.7 Å². The molecule has 2 aliphatic rings. The van der Waals surface area contributed by atoms with Crippen molar-refractivity contribution in [3.63, 3.8) is 0 Å². The molecule has 13 heavy (non-hydrogen) atoms. The molecule has 2 bridgehead atoms. The van der Waals surface area contributed by atoms with Gasteiger partial charge < -0.3 is 0 Å². The number of hydrogen-bond donors (Lipinski definition) is 0. The maximum absolute atomic E-state index is 2.46. The molecule has 0 nitrogen and oxygen atoms in total. The van der Waals surface area contributed by atoms with Crippen LogP contribution in [0.1, 0.15) is 51.4 Å². The van der Waals surface area contributed by atoms with Crippen molar-refractivity contribution in [3.8, 4) is 0 Å². The van der Waals surface area contributed by atoms with E-state index in [-0.39, 0.29) is 0 Å². The highest BCUT2D eigenvalue weighted by atomic mass is 14.2. The van der Waals surface area contributed by atoms with Crippen molar-refractivity contribution in [1.82, 2.24) is 0 Å². The predicted octanol–water partition coefficient (Wildman–Crippen LogP) is 4.23. The Hall–Kier alpha value is -0.520. The molecule has 0 aromatic heterocycles. The Kier molecular flexibility index (Phi) is 3.23. The zero-order valence-electron chi connectivity index (χ0n) is 8.47. The minimum Gasteiger partial charge on any atom is -0.0851 e. The highest BCUT2D eigenvalue weighted by Crippen LogP contribution is 2.27. The summed E-state index contributed by atoms with van der Waals surface area (Å²) in [5, 5.41) is 0. The van der Waals surface area contributed by atoms with E-state index in [1.165, 1.54) is 51.4 Å². The maximum Gasteiger partial charge on any atom is -0.0166 e. The first kappa shape index (κ1) is 9.05. The summed E-state index contributed by atoms with van der Waals surface area (Å²) < 4.78 is 0. The Morgan fingerprint density at radius 2 is 1.85 bits per heavy atom. The molecule has 0 radical (unpaired) electrons. The third-order valence-electron chi connectivity index (χ3n) is 3.35. The van der Waals surface area contributed by atoms with Crippen LogP contribution in [0.4, 0.5) is 0 Å². The lowest BCUT2D eigenvalue weighted by atomic mass is 9.96.